The zero-order valence-electron chi connectivity index (χ0n) is 13.0. The number of nitrogens with zero attached hydrogens (tertiary/aromatic N) is 2. The quantitative estimate of drug-likeness (QED) is 0.883. The Morgan fingerprint density at radius 3 is 2.81 bits per heavy atom. The molecule has 1 saturated heterocycles. The summed E-state index contributed by atoms with van der Waals surface area (Å²) in [6.45, 7) is 4.51. The van der Waals surface area contributed by atoms with E-state index in [9.17, 15) is 4.79 Å². The molecule has 1 N–H and O–H groups in total. The van der Waals surface area contributed by atoms with E-state index in [2.05, 4.69) is 15.4 Å². The maximum absolute atomic E-state index is 12.3. The van der Waals surface area contributed by atoms with E-state index in [1.165, 1.54) is 0 Å². The second-order valence-electron chi connectivity index (χ2n) is 6.31. The number of likely N-dealkylation sites (N-methyl/N-ethyl adjacent to an activating group) is 1. The van der Waals surface area contributed by atoms with Crippen LogP contribution in [0.4, 0.5) is 0 Å². The number of ether oxygens (including phenoxy) is 1. The fraction of sp³-hybridized carbons (Fsp3) is 0.733. The maximum Gasteiger partial charge on any atom is 0.224 e. The molecule has 4 atom stereocenters. The lowest BCUT2D eigenvalue weighted by Gasteiger charge is -2.50. The fourth-order valence-corrected chi connectivity index (χ4v) is 3.64. The second-order valence-corrected chi connectivity index (χ2v) is 6.31. The standard InChI is InChI=1S/C15H23N3O3/c1-8-11(9(2)21-17-8)7-12(19)16-13-10-5-6-20-15(10)14(13)18(3)4/h10,13-15H,5-7H2,1-4H3,(H,16,19)/t10-,13+,14-,15-/m1/s1. The molecule has 6 nitrogen and oxygen atoms in total. The van der Waals surface area contributed by atoms with E-state index in [1.807, 2.05) is 27.9 Å². The first-order chi connectivity index (χ1) is 9.99. The van der Waals surface area contributed by atoms with Crippen molar-refractivity contribution >= 4 is 5.91 Å². The molecule has 21 heavy (non-hydrogen) atoms. The van der Waals surface area contributed by atoms with Crippen molar-refractivity contribution in [2.24, 2.45) is 5.92 Å². The molecule has 1 aromatic heterocycles. The summed E-state index contributed by atoms with van der Waals surface area (Å²) in [7, 11) is 4.08. The van der Waals surface area contributed by atoms with Crippen LogP contribution in [0.3, 0.4) is 0 Å². The molecule has 0 radical (unpaired) electrons. The van der Waals surface area contributed by atoms with Crippen molar-refractivity contribution < 1.29 is 14.1 Å². The van der Waals surface area contributed by atoms with Gasteiger partial charge in [-0.15, -0.1) is 0 Å². The SMILES string of the molecule is Cc1noc(C)c1CC(=O)N[C@H]1[C@H]2CCO[C@H]2[C@@H]1N(C)C. The van der Waals surface area contributed by atoms with Gasteiger partial charge in [-0.3, -0.25) is 4.79 Å². The van der Waals surface area contributed by atoms with Crippen LogP contribution in [0.5, 0.6) is 0 Å². The highest BCUT2D eigenvalue weighted by atomic mass is 16.5. The molecule has 0 unspecified atom stereocenters. The van der Waals surface area contributed by atoms with Crippen molar-refractivity contribution in [2.75, 3.05) is 20.7 Å². The first-order valence-electron chi connectivity index (χ1n) is 7.48. The topological polar surface area (TPSA) is 67.6 Å². The number of hydrogen-bond acceptors (Lipinski definition) is 5. The number of nitrogens with one attached hydrogen (secondary N) is 1. The molecule has 0 spiro atoms. The summed E-state index contributed by atoms with van der Waals surface area (Å²) >= 11 is 0. The van der Waals surface area contributed by atoms with E-state index in [-0.39, 0.29) is 24.1 Å². The van der Waals surface area contributed by atoms with E-state index >= 15 is 0 Å². The van der Waals surface area contributed by atoms with Gasteiger partial charge in [0, 0.05) is 18.1 Å². The second kappa shape index (κ2) is 5.42. The summed E-state index contributed by atoms with van der Waals surface area (Å²) in [5.41, 5.74) is 1.69. The van der Waals surface area contributed by atoms with Crippen LogP contribution in [0.1, 0.15) is 23.4 Å². The first kappa shape index (κ1) is 14.5. The first-order valence-corrected chi connectivity index (χ1v) is 7.48. The van der Waals surface area contributed by atoms with Gasteiger partial charge >= 0.3 is 0 Å². The summed E-state index contributed by atoms with van der Waals surface area (Å²) in [6, 6.07) is 0.451. The van der Waals surface area contributed by atoms with Gasteiger partial charge in [-0.25, -0.2) is 0 Å². The molecule has 1 aromatic rings. The minimum absolute atomic E-state index is 0.0339. The number of hydrogen-bond donors (Lipinski definition) is 1. The number of carbonyl (C=O) groups is 1. The Balaban J connectivity index is 1.64. The Bertz CT molecular complexity index is 521. The van der Waals surface area contributed by atoms with Crippen molar-refractivity contribution in [3.63, 3.8) is 0 Å². The van der Waals surface area contributed by atoms with E-state index in [4.69, 9.17) is 9.26 Å². The predicted octanol–water partition coefficient (Wildman–Crippen LogP) is 0.668. The molecule has 1 amide bonds. The monoisotopic (exact) mass is 293 g/mol. The Morgan fingerprint density at radius 2 is 2.19 bits per heavy atom. The highest BCUT2D eigenvalue weighted by Crippen LogP contribution is 2.41. The molecule has 3 rings (SSSR count). The Kier molecular flexibility index (Phi) is 3.75. The van der Waals surface area contributed by atoms with Gasteiger partial charge in [0.05, 0.1) is 30.3 Å². The van der Waals surface area contributed by atoms with Crippen LogP contribution >= 0.6 is 0 Å². The fourth-order valence-electron chi connectivity index (χ4n) is 3.64. The van der Waals surface area contributed by atoms with Gasteiger partial charge in [0.15, 0.2) is 0 Å². The summed E-state index contributed by atoms with van der Waals surface area (Å²) in [4.78, 5) is 14.5. The third-order valence-corrected chi connectivity index (χ3v) is 4.79. The van der Waals surface area contributed by atoms with Crippen molar-refractivity contribution in [1.29, 1.82) is 0 Å². The number of amides is 1. The summed E-state index contributed by atoms with van der Waals surface area (Å²) in [6.07, 6.45) is 1.63. The van der Waals surface area contributed by atoms with Crippen molar-refractivity contribution in [3.8, 4) is 0 Å². The van der Waals surface area contributed by atoms with E-state index in [1.54, 1.807) is 0 Å². The van der Waals surface area contributed by atoms with Crippen LogP contribution in [-0.2, 0) is 16.0 Å². The summed E-state index contributed by atoms with van der Waals surface area (Å²) in [5.74, 6) is 1.21. The van der Waals surface area contributed by atoms with E-state index in [0.29, 0.717) is 12.3 Å². The molecule has 2 heterocycles. The molecular formula is C15H23N3O3. The largest absolute Gasteiger partial charge is 0.376 e. The molecule has 0 aromatic carbocycles. The van der Waals surface area contributed by atoms with Gasteiger partial charge < -0.3 is 19.5 Å². The molecule has 0 bridgehead atoms. The van der Waals surface area contributed by atoms with Crippen LogP contribution in [0.15, 0.2) is 4.52 Å². The molecule has 1 aliphatic heterocycles. The molecule has 6 heteroatoms. The molecule has 1 saturated carbocycles. The summed E-state index contributed by atoms with van der Waals surface area (Å²) < 4.78 is 10.9. The minimum Gasteiger partial charge on any atom is -0.376 e. The Morgan fingerprint density at radius 1 is 1.43 bits per heavy atom. The van der Waals surface area contributed by atoms with Crippen LogP contribution in [0.25, 0.3) is 0 Å². The average molecular weight is 293 g/mol. The van der Waals surface area contributed by atoms with Gasteiger partial charge in [-0.2, -0.15) is 0 Å². The third kappa shape index (κ3) is 2.46. The third-order valence-electron chi connectivity index (χ3n) is 4.79. The number of aryl methyl sites for hydroxylation is 2. The molecule has 2 aliphatic rings. The van der Waals surface area contributed by atoms with Gasteiger partial charge in [0.25, 0.3) is 0 Å². The highest BCUT2D eigenvalue weighted by molar-refractivity contribution is 5.79. The van der Waals surface area contributed by atoms with E-state index < -0.39 is 0 Å². The normalized spacial score (nSPS) is 31.1. The van der Waals surface area contributed by atoms with E-state index in [0.717, 1.165) is 30.0 Å². The average Bonchev–Trinajstić information content (AvgIpc) is 2.94. The summed E-state index contributed by atoms with van der Waals surface area (Å²) in [5, 5.41) is 7.08. The molecule has 1 aliphatic carbocycles. The predicted molar refractivity (Wildman–Crippen MR) is 76.9 cm³/mol. The number of fused-ring (bicyclic) bond motifs is 1. The zero-order chi connectivity index (χ0) is 15.1. The lowest BCUT2D eigenvalue weighted by Crippen LogP contribution is -2.69. The van der Waals surface area contributed by atoms with Crippen LogP contribution < -0.4 is 5.32 Å². The van der Waals surface area contributed by atoms with Crippen molar-refractivity contribution in [3.05, 3.63) is 17.0 Å². The molecule has 116 valence electrons. The van der Waals surface area contributed by atoms with Gasteiger partial charge in [-0.1, -0.05) is 5.16 Å². The van der Waals surface area contributed by atoms with Gasteiger partial charge in [0.1, 0.15) is 5.76 Å². The maximum atomic E-state index is 12.3. The lowest BCUT2D eigenvalue weighted by molar-refractivity contribution is -0.127. The number of carbonyl (C=O) groups excluding carboxylic acids is 1. The van der Waals surface area contributed by atoms with Crippen molar-refractivity contribution in [2.45, 2.75) is 44.9 Å². The van der Waals surface area contributed by atoms with Crippen LogP contribution in [0, 0.1) is 19.8 Å². The molecule has 2 fully saturated rings. The zero-order valence-corrected chi connectivity index (χ0v) is 13.0. The lowest BCUT2D eigenvalue weighted by atomic mass is 9.71. The Hall–Kier alpha value is -1.40. The van der Waals surface area contributed by atoms with Crippen LogP contribution in [-0.4, -0.2) is 54.9 Å². The van der Waals surface area contributed by atoms with Gasteiger partial charge in [0.2, 0.25) is 5.91 Å². The van der Waals surface area contributed by atoms with Crippen molar-refractivity contribution in [1.82, 2.24) is 15.4 Å². The smallest absolute Gasteiger partial charge is 0.224 e. The molecular weight excluding hydrogens is 270 g/mol. The minimum atomic E-state index is 0.0339. The highest BCUT2D eigenvalue weighted by Gasteiger charge is 2.55. The van der Waals surface area contributed by atoms with Crippen LogP contribution in [0.2, 0.25) is 0 Å². The number of rotatable bonds is 4. The Labute approximate surface area is 124 Å². The van der Waals surface area contributed by atoms with Gasteiger partial charge in [-0.05, 0) is 34.4 Å². The number of aromatic nitrogens is 1.